The Labute approximate surface area is 167 Å². The zero-order valence-electron chi connectivity index (χ0n) is 16.2. The van der Waals surface area contributed by atoms with Crippen LogP contribution < -0.4 is 0 Å². The van der Waals surface area contributed by atoms with Gasteiger partial charge >= 0.3 is 5.97 Å². The van der Waals surface area contributed by atoms with Gasteiger partial charge in [0.1, 0.15) is 0 Å². The van der Waals surface area contributed by atoms with E-state index in [-0.39, 0.29) is 18.3 Å². The average Bonchev–Trinajstić information content (AvgIpc) is 2.94. The molecule has 0 aliphatic heterocycles. The first-order valence-corrected chi connectivity index (χ1v) is 10.1. The van der Waals surface area contributed by atoms with Crippen LogP contribution >= 0.6 is 0 Å². The zero-order chi connectivity index (χ0) is 20.4. The van der Waals surface area contributed by atoms with Crippen molar-refractivity contribution in [1.82, 2.24) is 0 Å². The molecule has 0 saturated heterocycles. The molecule has 0 spiro atoms. The lowest BCUT2D eigenvalue weighted by molar-refractivity contribution is -0.137. The van der Waals surface area contributed by atoms with Crippen LogP contribution in [-0.2, 0) is 11.2 Å². The van der Waals surface area contributed by atoms with Gasteiger partial charge in [-0.1, -0.05) is 54.6 Å². The summed E-state index contributed by atoms with van der Waals surface area (Å²) in [6.07, 6.45) is 9.51. The first-order valence-electron chi connectivity index (χ1n) is 10.1. The van der Waals surface area contributed by atoms with E-state index in [1.165, 1.54) is 5.56 Å². The van der Waals surface area contributed by atoms with E-state index in [4.69, 9.17) is 5.11 Å². The van der Waals surface area contributed by atoms with Crippen LogP contribution in [0.5, 0.6) is 0 Å². The molecule has 0 bridgehead atoms. The van der Waals surface area contributed by atoms with E-state index in [2.05, 4.69) is 0 Å². The molecular weight excluding hydrogens is 356 g/mol. The predicted molar refractivity (Wildman–Crippen MR) is 109 cm³/mol. The van der Waals surface area contributed by atoms with Gasteiger partial charge in [-0.2, -0.15) is 0 Å². The van der Waals surface area contributed by atoms with E-state index >= 15 is 0 Å². The third-order valence-electron chi connectivity index (χ3n) is 5.38. The van der Waals surface area contributed by atoms with Gasteiger partial charge < -0.3 is 20.4 Å². The number of carboxylic acids is 1. The molecule has 154 valence electrons. The normalized spacial score (nSPS) is 26.2. The van der Waals surface area contributed by atoms with Crippen LogP contribution in [0.2, 0.25) is 0 Å². The Hall–Kier alpha value is -1.95. The summed E-state index contributed by atoms with van der Waals surface area (Å²) in [4.78, 5) is 10.5. The van der Waals surface area contributed by atoms with Crippen LogP contribution in [0.3, 0.4) is 0 Å². The summed E-state index contributed by atoms with van der Waals surface area (Å²) in [5, 5.41) is 39.4. The summed E-state index contributed by atoms with van der Waals surface area (Å²) in [7, 11) is 0. The minimum Gasteiger partial charge on any atom is -0.481 e. The van der Waals surface area contributed by atoms with E-state index in [1.54, 1.807) is 6.08 Å². The third kappa shape index (κ3) is 7.58. The summed E-state index contributed by atoms with van der Waals surface area (Å²) < 4.78 is 0. The molecule has 1 aliphatic rings. The lowest BCUT2D eigenvalue weighted by atomic mass is 9.89. The third-order valence-corrected chi connectivity index (χ3v) is 5.38. The average molecular weight is 389 g/mol. The standard InChI is InChI=1S/C23H32O5/c24-18(13-12-17-8-4-3-5-9-17)14-15-20-19(21(25)16-22(20)26)10-6-1-2-7-11-23(27)28/h1,3-6,8-9,14-15,18-22,24-26H,2,7,10-13,16H2,(H,27,28)/b6-1-,15-14+/t18-,19+,20-,21-,22+/m1/s1. The SMILES string of the molecule is O=C(O)CCC/C=C\C[C@H]1[C@@H](/C=C/[C@H](O)CCc2ccccc2)[C@@H](O)C[C@H]1O. The molecule has 1 saturated carbocycles. The number of rotatable bonds is 11. The Morgan fingerprint density at radius 3 is 2.61 bits per heavy atom. The largest absolute Gasteiger partial charge is 0.481 e. The Morgan fingerprint density at radius 2 is 1.89 bits per heavy atom. The van der Waals surface area contributed by atoms with E-state index < -0.39 is 24.3 Å². The van der Waals surface area contributed by atoms with Gasteiger partial charge in [0.25, 0.3) is 0 Å². The van der Waals surface area contributed by atoms with Crippen LogP contribution in [0.1, 0.15) is 44.1 Å². The highest BCUT2D eigenvalue weighted by Crippen LogP contribution is 2.36. The van der Waals surface area contributed by atoms with Gasteiger partial charge in [-0.25, -0.2) is 0 Å². The molecule has 5 heteroatoms. The van der Waals surface area contributed by atoms with Crippen molar-refractivity contribution in [1.29, 1.82) is 0 Å². The fourth-order valence-electron chi connectivity index (χ4n) is 3.76. The van der Waals surface area contributed by atoms with Gasteiger partial charge in [-0.15, -0.1) is 0 Å². The van der Waals surface area contributed by atoms with Crippen molar-refractivity contribution < 1.29 is 25.2 Å². The van der Waals surface area contributed by atoms with Crippen molar-refractivity contribution in [2.75, 3.05) is 0 Å². The van der Waals surface area contributed by atoms with Gasteiger partial charge in [0.05, 0.1) is 18.3 Å². The first kappa shape index (κ1) is 22.3. The van der Waals surface area contributed by atoms with Crippen molar-refractivity contribution >= 4 is 5.97 Å². The number of allylic oxidation sites excluding steroid dienone is 2. The lowest BCUT2D eigenvalue weighted by Crippen LogP contribution is -2.20. The number of carboxylic acid groups (broad SMARTS) is 1. The van der Waals surface area contributed by atoms with Crippen molar-refractivity contribution in [3.8, 4) is 0 Å². The monoisotopic (exact) mass is 388 g/mol. The van der Waals surface area contributed by atoms with Crippen molar-refractivity contribution in [2.24, 2.45) is 11.8 Å². The van der Waals surface area contributed by atoms with Gasteiger partial charge in [-0.3, -0.25) is 4.79 Å². The number of aliphatic hydroxyl groups excluding tert-OH is 3. The number of hydrogen-bond acceptors (Lipinski definition) is 4. The first-order chi connectivity index (χ1) is 13.5. The molecule has 5 nitrogen and oxygen atoms in total. The molecule has 0 heterocycles. The topological polar surface area (TPSA) is 98.0 Å². The second-order valence-electron chi connectivity index (χ2n) is 7.58. The Balaban J connectivity index is 1.82. The number of benzene rings is 1. The maximum Gasteiger partial charge on any atom is 0.303 e. The summed E-state index contributed by atoms with van der Waals surface area (Å²) in [5.74, 6) is -1.08. The molecule has 0 radical (unpaired) electrons. The molecule has 1 fully saturated rings. The molecule has 28 heavy (non-hydrogen) atoms. The molecule has 2 rings (SSSR count). The lowest BCUT2D eigenvalue weighted by Gasteiger charge is -2.19. The molecule has 0 aromatic heterocycles. The number of unbranched alkanes of at least 4 members (excludes halogenated alkanes) is 1. The molecule has 4 N–H and O–H groups in total. The van der Waals surface area contributed by atoms with Crippen molar-refractivity contribution in [3.63, 3.8) is 0 Å². The van der Waals surface area contributed by atoms with Gasteiger partial charge in [0, 0.05) is 18.8 Å². The van der Waals surface area contributed by atoms with Crippen molar-refractivity contribution in [3.05, 3.63) is 60.2 Å². The molecule has 1 aliphatic carbocycles. The van der Waals surface area contributed by atoms with E-state index in [9.17, 15) is 20.1 Å². The zero-order valence-corrected chi connectivity index (χ0v) is 16.2. The predicted octanol–water partition coefficient (Wildman–Crippen LogP) is 3.10. The second-order valence-corrected chi connectivity index (χ2v) is 7.58. The summed E-state index contributed by atoms with van der Waals surface area (Å²) in [5.41, 5.74) is 1.18. The quantitative estimate of drug-likeness (QED) is 0.345. The Morgan fingerprint density at radius 1 is 1.14 bits per heavy atom. The smallest absolute Gasteiger partial charge is 0.303 e. The summed E-state index contributed by atoms with van der Waals surface area (Å²) in [6.45, 7) is 0. The van der Waals surface area contributed by atoms with Crippen LogP contribution in [0.25, 0.3) is 0 Å². The van der Waals surface area contributed by atoms with Crippen molar-refractivity contribution in [2.45, 2.75) is 63.3 Å². The molecule has 5 atom stereocenters. The minimum absolute atomic E-state index is 0.0942. The number of aryl methyl sites for hydroxylation is 1. The van der Waals surface area contributed by atoms with Crippen LogP contribution in [0.4, 0.5) is 0 Å². The minimum atomic E-state index is -0.793. The van der Waals surface area contributed by atoms with E-state index in [1.807, 2.05) is 48.6 Å². The second kappa shape index (κ2) is 11.8. The highest BCUT2D eigenvalue weighted by Gasteiger charge is 2.39. The maximum atomic E-state index is 10.5. The van der Waals surface area contributed by atoms with Crippen LogP contribution in [0.15, 0.2) is 54.6 Å². The van der Waals surface area contributed by atoms with E-state index in [0.717, 1.165) is 6.42 Å². The highest BCUT2D eigenvalue weighted by molar-refractivity contribution is 5.66. The highest BCUT2D eigenvalue weighted by atomic mass is 16.4. The van der Waals surface area contributed by atoms with Gasteiger partial charge in [0.15, 0.2) is 0 Å². The van der Waals surface area contributed by atoms with Gasteiger partial charge in [-0.05, 0) is 43.6 Å². The number of hydrogen-bond donors (Lipinski definition) is 4. The maximum absolute atomic E-state index is 10.5. The summed E-state index contributed by atoms with van der Waals surface area (Å²) in [6, 6.07) is 9.99. The van der Waals surface area contributed by atoms with Gasteiger partial charge in [0.2, 0.25) is 0 Å². The number of aliphatic hydroxyl groups is 3. The van der Waals surface area contributed by atoms with Crippen LogP contribution in [0, 0.1) is 11.8 Å². The number of aliphatic carboxylic acids is 1. The fraction of sp³-hybridized carbons (Fsp3) is 0.522. The molecule has 1 aromatic carbocycles. The summed E-state index contributed by atoms with van der Waals surface area (Å²) >= 11 is 0. The van der Waals surface area contributed by atoms with E-state index in [0.29, 0.717) is 32.1 Å². The molecule has 0 unspecified atom stereocenters. The molecular formula is C23H32O5. The fourth-order valence-corrected chi connectivity index (χ4v) is 3.76. The molecule has 0 amide bonds. The number of carbonyl (C=O) groups is 1. The molecule has 1 aromatic rings. The Kier molecular flexibility index (Phi) is 9.41. The Bertz CT molecular complexity index is 640. The van der Waals surface area contributed by atoms with Crippen LogP contribution in [-0.4, -0.2) is 44.7 Å².